The van der Waals surface area contributed by atoms with Crippen molar-refractivity contribution in [1.29, 1.82) is 0 Å². The highest BCUT2D eigenvalue weighted by molar-refractivity contribution is 5.93. The number of pyridine rings is 1. The lowest BCUT2D eigenvalue weighted by Gasteiger charge is -2.14. The van der Waals surface area contributed by atoms with E-state index in [1.807, 2.05) is 33.7 Å². The van der Waals surface area contributed by atoms with E-state index in [1.165, 1.54) is 0 Å². The van der Waals surface area contributed by atoms with Gasteiger partial charge in [-0.3, -0.25) is 9.20 Å². The highest BCUT2D eigenvalue weighted by Gasteiger charge is 2.21. The summed E-state index contributed by atoms with van der Waals surface area (Å²) in [5.41, 5.74) is 1.49. The van der Waals surface area contributed by atoms with Crippen molar-refractivity contribution in [3.05, 3.63) is 36.3 Å². The van der Waals surface area contributed by atoms with Crippen molar-refractivity contribution in [1.82, 2.24) is 14.3 Å². The SMILES string of the molecule is O=C(c1cnc2ccccn12)N1CCCC1. The standard InChI is InChI=1S/C12H13N3O/c16-12(14-6-3-4-7-14)10-9-13-11-5-1-2-8-15(10)11/h1-2,5,8-9H,3-4,6-7H2. The molecule has 1 aliphatic rings. The molecule has 1 fully saturated rings. The molecule has 0 unspecified atom stereocenters. The Kier molecular flexibility index (Phi) is 2.13. The first-order valence-corrected chi connectivity index (χ1v) is 5.57. The van der Waals surface area contributed by atoms with Gasteiger partial charge in [0, 0.05) is 19.3 Å². The van der Waals surface area contributed by atoms with Crippen molar-refractivity contribution in [2.45, 2.75) is 12.8 Å². The Labute approximate surface area is 93.5 Å². The van der Waals surface area contributed by atoms with E-state index in [0.29, 0.717) is 5.69 Å². The Morgan fingerprint density at radius 1 is 1.25 bits per heavy atom. The Balaban J connectivity index is 2.02. The van der Waals surface area contributed by atoms with Crippen LogP contribution >= 0.6 is 0 Å². The van der Waals surface area contributed by atoms with Gasteiger partial charge in [0.2, 0.25) is 0 Å². The first kappa shape index (κ1) is 9.39. The smallest absolute Gasteiger partial charge is 0.272 e. The predicted molar refractivity (Wildman–Crippen MR) is 60.3 cm³/mol. The molecule has 0 aliphatic carbocycles. The van der Waals surface area contributed by atoms with E-state index >= 15 is 0 Å². The molecule has 3 heterocycles. The fraction of sp³-hybridized carbons (Fsp3) is 0.333. The molecule has 2 aromatic rings. The minimum Gasteiger partial charge on any atom is -0.337 e. The Morgan fingerprint density at radius 3 is 2.88 bits per heavy atom. The second kappa shape index (κ2) is 3.63. The molecule has 1 saturated heterocycles. The van der Waals surface area contributed by atoms with E-state index in [1.54, 1.807) is 6.20 Å². The molecule has 0 bridgehead atoms. The number of rotatable bonds is 1. The van der Waals surface area contributed by atoms with Gasteiger partial charge in [-0.15, -0.1) is 0 Å². The van der Waals surface area contributed by atoms with Crippen LogP contribution in [-0.2, 0) is 0 Å². The van der Waals surface area contributed by atoms with Crippen LogP contribution in [-0.4, -0.2) is 33.3 Å². The Hall–Kier alpha value is -1.84. The number of hydrogen-bond acceptors (Lipinski definition) is 2. The average molecular weight is 215 g/mol. The summed E-state index contributed by atoms with van der Waals surface area (Å²) >= 11 is 0. The van der Waals surface area contributed by atoms with Crippen molar-refractivity contribution in [2.75, 3.05) is 13.1 Å². The molecule has 0 atom stereocenters. The quantitative estimate of drug-likeness (QED) is 0.724. The number of imidazole rings is 1. The maximum atomic E-state index is 12.2. The van der Waals surface area contributed by atoms with Crippen LogP contribution in [0.3, 0.4) is 0 Å². The molecular weight excluding hydrogens is 202 g/mol. The summed E-state index contributed by atoms with van der Waals surface area (Å²) in [5.74, 6) is 0.0937. The number of likely N-dealkylation sites (tertiary alicyclic amines) is 1. The summed E-state index contributed by atoms with van der Waals surface area (Å²) in [4.78, 5) is 18.3. The Morgan fingerprint density at radius 2 is 2.06 bits per heavy atom. The number of fused-ring (bicyclic) bond motifs is 1. The van der Waals surface area contributed by atoms with Crippen molar-refractivity contribution < 1.29 is 4.79 Å². The molecule has 1 aliphatic heterocycles. The monoisotopic (exact) mass is 215 g/mol. The minimum atomic E-state index is 0.0937. The minimum absolute atomic E-state index is 0.0937. The average Bonchev–Trinajstić information content (AvgIpc) is 2.98. The summed E-state index contributed by atoms with van der Waals surface area (Å²) in [5, 5.41) is 0. The zero-order valence-electron chi connectivity index (χ0n) is 8.97. The molecule has 0 radical (unpaired) electrons. The van der Waals surface area contributed by atoms with Crippen LogP contribution in [0.5, 0.6) is 0 Å². The molecule has 82 valence electrons. The third-order valence-electron chi connectivity index (χ3n) is 3.03. The van der Waals surface area contributed by atoms with Crippen LogP contribution in [0.25, 0.3) is 5.65 Å². The third-order valence-corrected chi connectivity index (χ3v) is 3.03. The van der Waals surface area contributed by atoms with Gasteiger partial charge >= 0.3 is 0 Å². The van der Waals surface area contributed by atoms with Crippen molar-refractivity contribution in [3.8, 4) is 0 Å². The Bertz CT molecular complexity index is 526. The van der Waals surface area contributed by atoms with Crippen LogP contribution in [0.15, 0.2) is 30.6 Å². The second-order valence-corrected chi connectivity index (χ2v) is 4.07. The largest absolute Gasteiger partial charge is 0.337 e. The van der Waals surface area contributed by atoms with Gasteiger partial charge in [0.25, 0.3) is 5.91 Å². The van der Waals surface area contributed by atoms with Gasteiger partial charge in [-0.1, -0.05) is 6.07 Å². The summed E-state index contributed by atoms with van der Waals surface area (Å²) in [6, 6.07) is 5.74. The fourth-order valence-corrected chi connectivity index (χ4v) is 2.17. The van der Waals surface area contributed by atoms with Gasteiger partial charge in [-0.2, -0.15) is 0 Å². The first-order chi connectivity index (χ1) is 7.86. The molecule has 0 aromatic carbocycles. The maximum absolute atomic E-state index is 12.2. The molecule has 2 aromatic heterocycles. The van der Waals surface area contributed by atoms with E-state index in [9.17, 15) is 4.79 Å². The predicted octanol–water partition coefficient (Wildman–Crippen LogP) is 1.57. The van der Waals surface area contributed by atoms with Crippen LogP contribution < -0.4 is 0 Å². The van der Waals surface area contributed by atoms with Gasteiger partial charge in [-0.05, 0) is 25.0 Å². The first-order valence-electron chi connectivity index (χ1n) is 5.57. The molecule has 3 rings (SSSR count). The summed E-state index contributed by atoms with van der Waals surface area (Å²) in [6.07, 6.45) is 5.77. The molecule has 0 N–H and O–H groups in total. The molecule has 0 saturated carbocycles. The van der Waals surface area contributed by atoms with E-state index in [0.717, 1.165) is 31.6 Å². The molecular formula is C12H13N3O. The lowest BCUT2D eigenvalue weighted by molar-refractivity contribution is 0.0786. The van der Waals surface area contributed by atoms with Gasteiger partial charge in [0.05, 0.1) is 6.20 Å². The number of hydrogen-bond donors (Lipinski definition) is 0. The van der Waals surface area contributed by atoms with E-state index in [-0.39, 0.29) is 5.91 Å². The van der Waals surface area contributed by atoms with Crippen LogP contribution in [0.1, 0.15) is 23.3 Å². The maximum Gasteiger partial charge on any atom is 0.272 e. The highest BCUT2D eigenvalue weighted by Crippen LogP contribution is 2.14. The van der Waals surface area contributed by atoms with Crippen LogP contribution in [0.2, 0.25) is 0 Å². The fourth-order valence-electron chi connectivity index (χ4n) is 2.17. The molecule has 0 spiro atoms. The van der Waals surface area contributed by atoms with Gasteiger partial charge in [-0.25, -0.2) is 4.98 Å². The third kappa shape index (κ3) is 1.38. The molecule has 4 nitrogen and oxygen atoms in total. The number of carbonyl (C=O) groups excluding carboxylic acids is 1. The zero-order valence-corrected chi connectivity index (χ0v) is 8.97. The normalized spacial score (nSPS) is 15.9. The molecule has 1 amide bonds. The van der Waals surface area contributed by atoms with E-state index in [4.69, 9.17) is 0 Å². The van der Waals surface area contributed by atoms with Crippen molar-refractivity contribution in [2.24, 2.45) is 0 Å². The van der Waals surface area contributed by atoms with Crippen molar-refractivity contribution in [3.63, 3.8) is 0 Å². The van der Waals surface area contributed by atoms with Crippen molar-refractivity contribution >= 4 is 11.6 Å². The van der Waals surface area contributed by atoms with Gasteiger partial charge in [0.15, 0.2) is 0 Å². The topological polar surface area (TPSA) is 37.6 Å². The highest BCUT2D eigenvalue weighted by atomic mass is 16.2. The zero-order chi connectivity index (χ0) is 11.0. The number of amides is 1. The van der Waals surface area contributed by atoms with Crippen LogP contribution in [0, 0.1) is 0 Å². The van der Waals surface area contributed by atoms with Gasteiger partial charge < -0.3 is 4.90 Å². The number of carbonyl (C=O) groups is 1. The van der Waals surface area contributed by atoms with Gasteiger partial charge in [0.1, 0.15) is 11.3 Å². The molecule has 16 heavy (non-hydrogen) atoms. The molecule has 4 heteroatoms. The summed E-state index contributed by atoms with van der Waals surface area (Å²) < 4.78 is 1.85. The lowest BCUT2D eigenvalue weighted by Crippen LogP contribution is -2.28. The van der Waals surface area contributed by atoms with E-state index < -0.39 is 0 Å². The van der Waals surface area contributed by atoms with Crippen LogP contribution in [0.4, 0.5) is 0 Å². The number of nitrogens with zero attached hydrogens (tertiary/aromatic N) is 3. The van der Waals surface area contributed by atoms with E-state index in [2.05, 4.69) is 4.98 Å². The summed E-state index contributed by atoms with van der Waals surface area (Å²) in [7, 11) is 0. The number of aromatic nitrogens is 2. The second-order valence-electron chi connectivity index (χ2n) is 4.07. The summed E-state index contributed by atoms with van der Waals surface area (Å²) in [6.45, 7) is 1.75. The lowest BCUT2D eigenvalue weighted by atomic mass is 10.4.